The summed E-state index contributed by atoms with van der Waals surface area (Å²) in [4.78, 5) is 17.4. The van der Waals surface area contributed by atoms with Gasteiger partial charge in [0, 0.05) is 56.7 Å². The Morgan fingerprint density at radius 3 is 0.886 bits per heavy atom. The van der Waals surface area contributed by atoms with Crippen LogP contribution in [0, 0.1) is 0 Å². The monoisotopic (exact) mass is 523 g/mol. The minimum atomic E-state index is -5.17. The third kappa shape index (κ3) is 7.24. The second-order valence-corrected chi connectivity index (χ2v) is 7.66. The molecule has 1 radical (unpaired) electrons. The van der Waals surface area contributed by atoms with Crippen LogP contribution >= 0.6 is 0 Å². The Hall–Kier alpha value is -3.51. The summed E-state index contributed by atoms with van der Waals surface area (Å²) in [6.07, 6.45) is 7.21. The molecule has 0 unspecified atom stereocenters. The first kappa shape index (κ1) is 27.7. The fourth-order valence-electron chi connectivity index (χ4n) is 3.36. The van der Waals surface area contributed by atoms with Crippen molar-refractivity contribution in [1.82, 2.24) is 19.9 Å². The second-order valence-electron chi connectivity index (χ2n) is 6.84. The van der Waals surface area contributed by atoms with Crippen LogP contribution in [0.15, 0.2) is 97.6 Å². The molecule has 6 rings (SSSR count). The van der Waals surface area contributed by atoms with E-state index in [9.17, 15) is 0 Å². The maximum atomic E-state index is 8.52. The molecule has 0 aliphatic carbocycles. The topological polar surface area (TPSA) is 160 Å². The maximum absolute atomic E-state index is 8.52. The number of nitrogens with zero attached hydrogens (tertiary/aromatic N) is 4. The van der Waals surface area contributed by atoms with E-state index in [1.807, 2.05) is 24.3 Å². The number of benzene rings is 2. The van der Waals surface area contributed by atoms with Crippen molar-refractivity contribution in [3.63, 3.8) is 0 Å². The van der Waals surface area contributed by atoms with Crippen molar-refractivity contribution in [1.29, 1.82) is 0 Å². The minimum Gasteiger partial charge on any atom is -2.00 e. The summed E-state index contributed by atoms with van der Waals surface area (Å²) in [6.45, 7) is 0. The Labute approximate surface area is 212 Å². The van der Waals surface area contributed by atoms with E-state index in [1.165, 1.54) is 0 Å². The summed E-state index contributed by atoms with van der Waals surface area (Å²) in [6, 6.07) is 24.3. The van der Waals surface area contributed by atoms with Gasteiger partial charge < -0.3 is 14.6 Å². The minimum absolute atomic E-state index is 0. The van der Waals surface area contributed by atoms with Crippen molar-refractivity contribution >= 4 is 54.0 Å². The van der Waals surface area contributed by atoms with Crippen LogP contribution in [0.4, 0.5) is 0 Å². The normalized spacial score (nSPS) is 10.3. The van der Waals surface area contributed by atoms with Crippen LogP contribution < -0.4 is 0 Å². The van der Waals surface area contributed by atoms with E-state index in [0.29, 0.717) is 0 Å². The van der Waals surface area contributed by atoms with E-state index in [0.717, 1.165) is 43.6 Å². The van der Waals surface area contributed by atoms with Crippen molar-refractivity contribution in [2.75, 3.05) is 0 Å². The Kier molecular flexibility index (Phi) is 9.72. The van der Waals surface area contributed by atoms with Crippen LogP contribution in [0.25, 0.3) is 43.6 Å². The van der Waals surface area contributed by atoms with Gasteiger partial charge in [0.1, 0.15) is 0 Å². The fourth-order valence-corrected chi connectivity index (χ4v) is 3.36. The molecule has 0 amide bonds. The van der Waals surface area contributed by atoms with E-state index < -0.39 is 10.4 Å². The van der Waals surface area contributed by atoms with E-state index in [-0.39, 0.29) is 24.0 Å². The molecule has 9 nitrogen and oxygen atoms in total. The number of aromatic nitrogens is 4. The summed E-state index contributed by atoms with van der Waals surface area (Å²) in [5, 5.41) is 4.55. The summed E-state index contributed by atoms with van der Waals surface area (Å²) >= 11 is 0. The van der Waals surface area contributed by atoms with Crippen LogP contribution in [0.3, 0.4) is 0 Å². The summed E-state index contributed by atoms with van der Waals surface area (Å²) < 4.78 is 34.1. The molecule has 0 saturated carbocycles. The van der Waals surface area contributed by atoms with Crippen LogP contribution in [0.1, 0.15) is 0 Å². The third-order valence-electron chi connectivity index (χ3n) is 4.69. The third-order valence-corrected chi connectivity index (χ3v) is 4.69. The van der Waals surface area contributed by atoms with Gasteiger partial charge in [-0.1, -0.05) is 48.5 Å². The standard InChI is InChI=1S/2C12H8N2.H2O4S.O.V/c2*1-3-9-5-6-10-4-2-8-14-12(10)11(9)13-7-1;1-5(2,3)4;;/h2*1-8H;(H2,1,2,3,4);;/q;;;-2;+4/p-2. The number of fused-ring (bicyclic) bond motifs is 6. The Bertz CT molecular complexity index is 1450. The van der Waals surface area contributed by atoms with Gasteiger partial charge in [-0.05, 0) is 24.3 Å². The molecule has 0 aliphatic rings. The number of hydrogen-bond acceptors (Lipinski definition) is 8. The molecule has 6 aromatic rings. The van der Waals surface area contributed by atoms with E-state index >= 15 is 0 Å². The largest absolute Gasteiger partial charge is 4.00 e. The van der Waals surface area contributed by atoms with Crippen molar-refractivity contribution in [3.05, 3.63) is 97.6 Å². The molecule has 0 fully saturated rings. The Morgan fingerprint density at radius 2 is 0.686 bits per heavy atom. The van der Waals surface area contributed by atoms with Gasteiger partial charge in [0.25, 0.3) is 0 Å². The van der Waals surface area contributed by atoms with Crippen LogP contribution in [-0.2, 0) is 34.4 Å². The smallest absolute Gasteiger partial charge is 2.00 e. The van der Waals surface area contributed by atoms with Crippen molar-refractivity contribution in [2.24, 2.45) is 0 Å². The summed E-state index contributed by atoms with van der Waals surface area (Å²) in [5.41, 5.74) is 3.91. The van der Waals surface area contributed by atoms with Gasteiger partial charge in [0.15, 0.2) is 0 Å². The quantitative estimate of drug-likeness (QED) is 0.163. The molecule has 4 heterocycles. The van der Waals surface area contributed by atoms with Gasteiger partial charge in [0.05, 0.1) is 22.1 Å². The first-order valence-electron chi connectivity index (χ1n) is 9.74. The molecule has 2 aromatic carbocycles. The molecule has 0 atom stereocenters. The maximum Gasteiger partial charge on any atom is 4.00 e. The van der Waals surface area contributed by atoms with Crippen LogP contribution in [0.2, 0.25) is 0 Å². The molecule has 0 bridgehead atoms. The molecule has 0 spiro atoms. The number of hydrogen-bond donors (Lipinski definition) is 0. The molecule has 0 saturated heterocycles. The van der Waals surface area contributed by atoms with Gasteiger partial charge in [-0.25, -0.2) is 0 Å². The molecular formula is C24H16N4O5SV. The molecule has 0 N–H and O–H groups in total. The zero-order valence-electron chi connectivity index (χ0n) is 17.9. The second kappa shape index (κ2) is 12.3. The Morgan fingerprint density at radius 1 is 0.486 bits per heavy atom. The summed E-state index contributed by atoms with van der Waals surface area (Å²) in [5.74, 6) is 0. The molecule has 11 heteroatoms. The first-order valence-corrected chi connectivity index (χ1v) is 11.1. The fraction of sp³-hybridized carbons (Fsp3) is 0. The predicted molar refractivity (Wildman–Crippen MR) is 125 cm³/mol. The molecule has 173 valence electrons. The zero-order chi connectivity index (χ0) is 23.3. The van der Waals surface area contributed by atoms with Crippen LogP contribution in [-0.4, -0.2) is 37.5 Å². The average Bonchev–Trinajstić information content (AvgIpc) is 2.83. The first-order chi connectivity index (χ1) is 15.9. The molecular weight excluding hydrogens is 507 g/mol. The molecule has 4 aromatic heterocycles. The van der Waals surface area contributed by atoms with Gasteiger partial charge >= 0.3 is 18.6 Å². The van der Waals surface area contributed by atoms with Gasteiger partial charge in [-0.15, -0.1) is 0 Å². The molecule has 35 heavy (non-hydrogen) atoms. The molecule has 0 aliphatic heterocycles. The number of rotatable bonds is 0. The van der Waals surface area contributed by atoms with Crippen LogP contribution in [0.5, 0.6) is 0 Å². The summed E-state index contributed by atoms with van der Waals surface area (Å²) in [7, 11) is -5.17. The average molecular weight is 523 g/mol. The van der Waals surface area contributed by atoms with E-state index in [4.69, 9.17) is 17.5 Å². The van der Waals surface area contributed by atoms with Gasteiger partial charge in [0.2, 0.25) is 0 Å². The van der Waals surface area contributed by atoms with Crippen molar-refractivity contribution in [2.45, 2.75) is 0 Å². The van der Waals surface area contributed by atoms with E-state index in [1.54, 1.807) is 24.8 Å². The Balaban J connectivity index is 0.000000199. The zero-order valence-corrected chi connectivity index (χ0v) is 20.1. The predicted octanol–water partition coefficient (Wildman–Crippen LogP) is 4.11. The van der Waals surface area contributed by atoms with Gasteiger partial charge in [-0.2, -0.15) is 0 Å². The van der Waals surface area contributed by atoms with Crippen molar-refractivity contribution < 1.29 is 41.6 Å². The van der Waals surface area contributed by atoms with Crippen molar-refractivity contribution in [3.8, 4) is 0 Å². The number of pyridine rings is 4. The van der Waals surface area contributed by atoms with E-state index in [2.05, 4.69) is 68.5 Å². The van der Waals surface area contributed by atoms with Gasteiger partial charge in [-0.3, -0.25) is 28.4 Å². The SMILES string of the molecule is O=S(=O)([O-])[O-].[O-2].[V+4].c1cnc2c(c1)ccc1cccnc12.c1cnc2c(c1)ccc1cccnc12.